The molecule has 1 rings (SSSR count). The highest BCUT2D eigenvalue weighted by Crippen LogP contribution is 2.15. The Labute approximate surface area is 84.1 Å². The quantitative estimate of drug-likeness (QED) is 0.758. The smallest absolute Gasteiger partial charge is 0.132 e. The van der Waals surface area contributed by atoms with Gasteiger partial charge in [0, 0.05) is 11.7 Å². The summed E-state index contributed by atoms with van der Waals surface area (Å²) in [4.78, 5) is 4.18. The monoisotopic (exact) mass is 198 g/mol. The van der Waals surface area contributed by atoms with Crippen molar-refractivity contribution in [3.05, 3.63) is 28.5 Å². The van der Waals surface area contributed by atoms with Gasteiger partial charge in [0.15, 0.2) is 0 Å². The van der Waals surface area contributed by atoms with Crippen molar-refractivity contribution in [2.24, 2.45) is 5.73 Å². The fourth-order valence-electron chi connectivity index (χ4n) is 1.12. The summed E-state index contributed by atoms with van der Waals surface area (Å²) in [5, 5.41) is 0.612. The average Bonchev–Trinajstić information content (AvgIpc) is 2.02. The minimum Gasteiger partial charge on any atom is -0.328 e. The predicted molar refractivity (Wildman–Crippen MR) is 56.0 cm³/mol. The second kappa shape index (κ2) is 4.58. The van der Waals surface area contributed by atoms with E-state index in [0.717, 1.165) is 24.1 Å². The predicted octanol–water partition coefficient (Wildman–Crippen LogP) is 2.32. The van der Waals surface area contributed by atoms with Crippen LogP contribution in [0.1, 0.15) is 24.6 Å². The molecule has 0 aromatic carbocycles. The van der Waals surface area contributed by atoms with Gasteiger partial charge in [-0.3, -0.25) is 0 Å². The first-order valence-electron chi connectivity index (χ1n) is 4.47. The maximum absolute atomic E-state index is 5.96. The van der Waals surface area contributed by atoms with E-state index in [1.807, 2.05) is 26.0 Å². The van der Waals surface area contributed by atoms with Crippen molar-refractivity contribution in [3.63, 3.8) is 0 Å². The molecule has 3 heteroatoms. The zero-order chi connectivity index (χ0) is 9.84. The van der Waals surface area contributed by atoms with Crippen LogP contribution in [-0.4, -0.2) is 11.0 Å². The summed E-state index contributed by atoms with van der Waals surface area (Å²) in [5.74, 6) is 0. The van der Waals surface area contributed by atoms with Crippen molar-refractivity contribution >= 4 is 11.6 Å². The first-order chi connectivity index (χ1) is 6.09. The molecule has 0 bridgehead atoms. The van der Waals surface area contributed by atoms with E-state index >= 15 is 0 Å². The molecular weight excluding hydrogens is 184 g/mol. The summed E-state index contributed by atoms with van der Waals surface area (Å²) >= 11 is 5.96. The molecule has 0 amide bonds. The van der Waals surface area contributed by atoms with E-state index in [1.165, 1.54) is 0 Å². The summed E-state index contributed by atoms with van der Waals surface area (Å²) in [6.07, 6.45) is 1.86. The molecule has 2 nitrogen and oxygen atoms in total. The molecule has 1 aromatic heterocycles. The highest BCUT2D eigenvalue weighted by Gasteiger charge is 2.02. The molecule has 72 valence electrons. The van der Waals surface area contributed by atoms with Gasteiger partial charge in [-0.05, 0) is 38.3 Å². The summed E-state index contributed by atoms with van der Waals surface area (Å²) < 4.78 is 0. The van der Waals surface area contributed by atoms with Gasteiger partial charge in [-0.15, -0.1) is 0 Å². The van der Waals surface area contributed by atoms with E-state index < -0.39 is 0 Å². The average molecular weight is 199 g/mol. The number of aryl methyl sites for hydroxylation is 2. The highest BCUT2D eigenvalue weighted by atomic mass is 35.5. The second-order valence-corrected chi connectivity index (χ2v) is 3.78. The van der Waals surface area contributed by atoms with Gasteiger partial charge in [-0.1, -0.05) is 17.7 Å². The molecule has 2 N–H and O–H groups in total. The Bertz CT molecular complexity index is 284. The molecule has 0 unspecified atom stereocenters. The lowest BCUT2D eigenvalue weighted by atomic mass is 10.1. The van der Waals surface area contributed by atoms with E-state index in [1.54, 1.807) is 0 Å². The van der Waals surface area contributed by atoms with Crippen molar-refractivity contribution in [1.82, 2.24) is 4.98 Å². The normalized spacial score (nSPS) is 12.9. The molecule has 0 fully saturated rings. The largest absolute Gasteiger partial charge is 0.328 e. The van der Waals surface area contributed by atoms with Crippen LogP contribution >= 0.6 is 11.6 Å². The van der Waals surface area contributed by atoms with Gasteiger partial charge in [0.05, 0.1) is 0 Å². The highest BCUT2D eigenvalue weighted by molar-refractivity contribution is 6.30. The number of aromatic nitrogens is 1. The molecule has 0 saturated heterocycles. The topological polar surface area (TPSA) is 38.9 Å². The number of halogens is 1. The van der Waals surface area contributed by atoms with Crippen LogP contribution in [0.3, 0.4) is 0 Å². The fraction of sp³-hybridized carbons (Fsp3) is 0.500. The molecule has 0 aliphatic carbocycles. The second-order valence-electron chi connectivity index (χ2n) is 3.42. The van der Waals surface area contributed by atoms with Crippen LogP contribution in [0.4, 0.5) is 0 Å². The fourth-order valence-corrected chi connectivity index (χ4v) is 1.41. The van der Waals surface area contributed by atoms with E-state index in [-0.39, 0.29) is 6.04 Å². The summed E-state index contributed by atoms with van der Waals surface area (Å²) in [5.41, 5.74) is 7.70. The number of nitrogens with two attached hydrogens (primary N) is 1. The van der Waals surface area contributed by atoms with Crippen molar-refractivity contribution in [1.29, 1.82) is 0 Å². The van der Waals surface area contributed by atoms with E-state index in [9.17, 15) is 0 Å². The SMILES string of the molecule is Cc1ccc(CC[C@@H](C)N)c(Cl)n1. The lowest BCUT2D eigenvalue weighted by Gasteiger charge is -2.06. The maximum atomic E-state index is 5.96. The molecule has 0 radical (unpaired) electrons. The molecule has 1 aromatic rings. The van der Waals surface area contributed by atoms with Gasteiger partial charge in [0.25, 0.3) is 0 Å². The van der Waals surface area contributed by atoms with Gasteiger partial charge < -0.3 is 5.73 Å². The number of hydrogen-bond donors (Lipinski definition) is 1. The molecule has 0 aliphatic heterocycles. The first kappa shape index (κ1) is 10.5. The molecule has 13 heavy (non-hydrogen) atoms. The Hall–Kier alpha value is -0.600. The molecule has 0 spiro atoms. The third-order valence-corrected chi connectivity index (χ3v) is 2.26. The van der Waals surface area contributed by atoms with Crippen LogP contribution in [-0.2, 0) is 6.42 Å². The molecule has 0 saturated carbocycles. The van der Waals surface area contributed by atoms with Crippen LogP contribution in [0, 0.1) is 6.92 Å². The molecule has 1 atom stereocenters. The Kier molecular flexibility index (Phi) is 3.70. The van der Waals surface area contributed by atoms with Crippen molar-refractivity contribution in [3.8, 4) is 0 Å². The minimum absolute atomic E-state index is 0.220. The number of nitrogens with zero attached hydrogens (tertiary/aromatic N) is 1. The van der Waals surface area contributed by atoms with Crippen molar-refractivity contribution in [2.75, 3.05) is 0 Å². The Morgan fingerprint density at radius 3 is 2.77 bits per heavy atom. The Morgan fingerprint density at radius 2 is 2.23 bits per heavy atom. The van der Waals surface area contributed by atoms with E-state index in [4.69, 9.17) is 17.3 Å². The standard InChI is InChI=1S/C10H15ClN2/c1-7(12)3-5-9-6-4-8(2)13-10(9)11/h4,6-7H,3,5,12H2,1-2H3/t7-/m1/s1. The zero-order valence-electron chi connectivity index (χ0n) is 8.05. The van der Waals surface area contributed by atoms with Crippen LogP contribution in [0.5, 0.6) is 0 Å². The van der Waals surface area contributed by atoms with Gasteiger partial charge in [-0.2, -0.15) is 0 Å². The van der Waals surface area contributed by atoms with Gasteiger partial charge in [0.1, 0.15) is 5.15 Å². The number of hydrogen-bond acceptors (Lipinski definition) is 2. The zero-order valence-corrected chi connectivity index (χ0v) is 8.80. The lowest BCUT2D eigenvalue weighted by Crippen LogP contribution is -2.15. The van der Waals surface area contributed by atoms with Crippen LogP contribution < -0.4 is 5.73 Å². The van der Waals surface area contributed by atoms with Crippen molar-refractivity contribution in [2.45, 2.75) is 32.7 Å². The summed E-state index contributed by atoms with van der Waals surface area (Å²) in [6, 6.07) is 4.22. The van der Waals surface area contributed by atoms with Crippen LogP contribution in [0.15, 0.2) is 12.1 Å². The van der Waals surface area contributed by atoms with Crippen LogP contribution in [0.25, 0.3) is 0 Å². The minimum atomic E-state index is 0.220. The van der Waals surface area contributed by atoms with E-state index in [2.05, 4.69) is 4.98 Å². The summed E-state index contributed by atoms with van der Waals surface area (Å²) in [6.45, 7) is 3.93. The Balaban J connectivity index is 2.67. The third kappa shape index (κ3) is 3.33. The Morgan fingerprint density at radius 1 is 1.54 bits per heavy atom. The molecular formula is C10H15ClN2. The van der Waals surface area contributed by atoms with E-state index in [0.29, 0.717) is 5.15 Å². The number of rotatable bonds is 3. The summed E-state index contributed by atoms with van der Waals surface area (Å²) in [7, 11) is 0. The number of pyridine rings is 1. The van der Waals surface area contributed by atoms with Crippen molar-refractivity contribution < 1.29 is 0 Å². The van der Waals surface area contributed by atoms with Gasteiger partial charge >= 0.3 is 0 Å². The first-order valence-corrected chi connectivity index (χ1v) is 4.85. The molecule has 0 aliphatic rings. The van der Waals surface area contributed by atoms with Gasteiger partial charge in [0.2, 0.25) is 0 Å². The van der Waals surface area contributed by atoms with Gasteiger partial charge in [-0.25, -0.2) is 4.98 Å². The van der Waals surface area contributed by atoms with Crippen LogP contribution in [0.2, 0.25) is 5.15 Å². The lowest BCUT2D eigenvalue weighted by molar-refractivity contribution is 0.665. The third-order valence-electron chi connectivity index (χ3n) is 1.93. The molecule has 1 heterocycles. The maximum Gasteiger partial charge on any atom is 0.132 e.